The summed E-state index contributed by atoms with van der Waals surface area (Å²) in [4.78, 5) is 33.9. The molecule has 0 amide bonds. The van der Waals surface area contributed by atoms with Crippen molar-refractivity contribution >= 4 is 22.9 Å². The van der Waals surface area contributed by atoms with Crippen molar-refractivity contribution in [2.45, 2.75) is 12.5 Å². The number of nitrogens with two attached hydrogens (primary N) is 1. The average Bonchev–Trinajstić information content (AvgIpc) is 2.50. The first-order valence-corrected chi connectivity index (χ1v) is 6.65. The normalized spacial score (nSPS) is 13.5. The van der Waals surface area contributed by atoms with E-state index in [1.807, 2.05) is 0 Å². The second-order valence-corrected chi connectivity index (χ2v) is 4.97. The number of carboxylic acids is 2. The van der Waals surface area contributed by atoms with Crippen molar-refractivity contribution in [3.63, 3.8) is 0 Å². The van der Waals surface area contributed by atoms with Gasteiger partial charge in [0.15, 0.2) is 0 Å². The summed E-state index contributed by atoms with van der Waals surface area (Å²) in [5, 5.41) is 18.6. The number of fused-ring (bicyclic) bond motifs is 1. The molecule has 0 saturated carbocycles. The molecule has 0 fully saturated rings. The lowest BCUT2D eigenvalue weighted by Gasteiger charge is -2.17. The summed E-state index contributed by atoms with van der Waals surface area (Å²) in [5.74, 6) is -3.68. The van der Waals surface area contributed by atoms with Crippen LogP contribution in [0, 0.1) is 5.92 Å². The summed E-state index contributed by atoms with van der Waals surface area (Å²) in [6, 6.07) is 4.27. The van der Waals surface area contributed by atoms with E-state index in [1.54, 1.807) is 12.1 Å². The van der Waals surface area contributed by atoms with Gasteiger partial charge in [-0.05, 0) is 24.1 Å². The lowest BCUT2D eigenvalue weighted by Crippen LogP contribution is -2.43. The van der Waals surface area contributed by atoms with Crippen LogP contribution in [0.4, 0.5) is 0 Å². The minimum atomic E-state index is -1.59. The molecule has 122 valence electrons. The van der Waals surface area contributed by atoms with E-state index in [9.17, 15) is 19.5 Å². The Labute approximate surface area is 130 Å². The van der Waals surface area contributed by atoms with Crippen LogP contribution < -0.4 is 16.1 Å². The highest BCUT2D eigenvalue weighted by Gasteiger charge is 2.31. The molecule has 0 radical (unpaired) electrons. The Bertz CT molecular complexity index is 811. The number of carbonyl (C=O) groups is 2. The first kappa shape index (κ1) is 16.5. The van der Waals surface area contributed by atoms with E-state index in [0.717, 1.165) is 6.07 Å². The third-order valence-corrected chi connectivity index (χ3v) is 3.51. The third-order valence-electron chi connectivity index (χ3n) is 3.51. The van der Waals surface area contributed by atoms with Gasteiger partial charge in [0.05, 0.1) is 13.0 Å². The molecule has 8 heteroatoms. The Morgan fingerprint density at radius 1 is 1.26 bits per heavy atom. The highest BCUT2D eigenvalue weighted by atomic mass is 16.5. The van der Waals surface area contributed by atoms with Gasteiger partial charge >= 0.3 is 17.6 Å². The minimum absolute atomic E-state index is 0.211. The number of carboxylic acid groups (broad SMARTS) is 2. The van der Waals surface area contributed by atoms with Gasteiger partial charge in [-0.25, -0.2) is 4.79 Å². The fraction of sp³-hybridized carbons (Fsp3) is 0.267. The van der Waals surface area contributed by atoms with Crippen LogP contribution in [0.3, 0.4) is 0 Å². The second kappa shape index (κ2) is 6.49. The predicted octanol–water partition coefficient (Wildman–Crippen LogP) is 0.457. The zero-order valence-corrected chi connectivity index (χ0v) is 12.2. The Hall–Kier alpha value is -2.87. The van der Waals surface area contributed by atoms with E-state index >= 15 is 0 Å². The molecule has 1 unspecified atom stereocenters. The number of methoxy groups -OCH3 is 1. The zero-order chi connectivity index (χ0) is 17.1. The van der Waals surface area contributed by atoms with E-state index in [0.29, 0.717) is 16.7 Å². The highest BCUT2D eigenvalue weighted by molar-refractivity contribution is 5.85. The summed E-state index contributed by atoms with van der Waals surface area (Å²) in [5.41, 5.74) is 5.34. The minimum Gasteiger partial charge on any atom is -0.497 e. The van der Waals surface area contributed by atoms with Crippen LogP contribution in [0.2, 0.25) is 0 Å². The molecular weight excluding hydrogens is 306 g/mol. The van der Waals surface area contributed by atoms with Crippen LogP contribution in [-0.2, 0) is 16.0 Å². The maximum Gasteiger partial charge on any atom is 0.336 e. The third kappa shape index (κ3) is 3.49. The number of ether oxygens (including phenoxy) is 1. The fourth-order valence-electron chi connectivity index (χ4n) is 2.28. The van der Waals surface area contributed by atoms with E-state index in [-0.39, 0.29) is 12.0 Å². The van der Waals surface area contributed by atoms with Crippen molar-refractivity contribution in [2.75, 3.05) is 7.11 Å². The molecule has 0 spiro atoms. The lowest BCUT2D eigenvalue weighted by atomic mass is 9.91. The Kier molecular flexibility index (Phi) is 4.65. The summed E-state index contributed by atoms with van der Waals surface area (Å²) in [6.45, 7) is 0. The van der Waals surface area contributed by atoms with E-state index in [2.05, 4.69) is 0 Å². The summed E-state index contributed by atoms with van der Waals surface area (Å²) in [6.07, 6.45) is -0.211. The largest absolute Gasteiger partial charge is 0.497 e. The average molecular weight is 321 g/mol. The molecule has 0 saturated heterocycles. The maximum absolute atomic E-state index is 11.7. The van der Waals surface area contributed by atoms with Gasteiger partial charge in [-0.1, -0.05) is 0 Å². The summed E-state index contributed by atoms with van der Waals surface area (Å²) >= 11 is 0. The van der Waals surface area contributed by atoms with Gasteiger partial charge in [-0.3, -0.25) is 9.59 Å². The summed E-state index contributed by atoms with van der Waals surface area (Å²) in [7, 11) is 1.45. The van der Waals surface area contributed by atoms with Gasteiger partial charge in [0.25, 0.3) is 0 Å². The molecule has 4 N–H and O–H groups in total. The Balaban J connectivity index is 2.51. The zero-order valence-electron chi connectivity index (χ0n) is 12.2. The summed E-state index contributed by atoms with van der Waals surface area (Å²) < 4.78 is 10.1. The van der Waals surface area contributed by atoms with Gasteiger partial charge in [0, 0.05) is 17.5 Å². The molecule has 2 rings (SSSR count). The number of hydrogen-bond acceptors (Lipinski definition) is 6. The van der Waals surface area contributed by atoms with Crippen molar-refractivity contribution in [3.8, 4) is 5.75 Å². The van der Waals surface area contributed by atoms with Gasteiger partial charge in [-0.2, -0.15) is 0 Å². The number of benzene rings is 1. The Morgan fingerprint density at radius 3 is 2.52 bits per heavy atom. The van der Waals surface area contributed by atoms with Crippen LogP contribution in [-0.4, -0.2) is 35.3 Å². The number of aliphatic carboxylic acids is 2. The van der Waals surface area contributed by atoms with Crippen LogP contribution in [0.25, 0.3) is 11.0 Å². The van der Waals surface area contributed by atoms with Crippen LogP contribution >= 0.6 is 0 Å². The molecule has 2 aromatic rings. The van der Waals surface area contributed by atoms with E-state index in [4.69, 9.17) is 20.0 Å². The standard InChI is InChI=1S/C15H15NO7/c1-22-8-2-3-9-7(5-12(17)23-11(9)6-8)4-10(14(18)19)13(16)15(20)21/h2-3,5-6,10,13H,4,16H2,1H3,(H,18,19)(H,20,21)/t10?,13-/m0/s1. The molecule has 1 aromatic carbocycles. The molecule has 0 aliphatic rings. The molecule has 23 heavy (non-hydrogen) atoms. The van der Waals surface area contributed by atoms with E-state index in [1.165, 1.54) is 13.2 Å². The maximum atomic E-state index is 11.7. The molecule has 1 aromatic heterocycles. The topological polar surface area (TPSA) is 140 Å². The fourth-order valence-corrected chi connectivity index (χ4v) is 2.28. The molecule has 2 atom stereocenters. The van der Waals surface area contributed by atoms with Crippen molar-refractivity contribution in [1.82, 2.24) is 0 Å². The van der Waals surface area contributed by atoms with Gasteiger partial charge in [0.1, 0.15) is 17.4 Å². The molecule has 0 bridgehead atoms. The second-order valence-electron chi connectivity index (χ2n) is 4.97. The molecular formula is C15H15NO7. The first-order valence-electron chi connectivity index (χ1n) is 6.65. The smallest absolute Gasteiger partial charge is 0.336 e. The molecule has 1 heterocycles. The molecule has 0 aliphatic carbocycles. The molecule has 0 aliphatic heterocycles. The monoisotopic (exact) mass is 321 g/mol. The quantitative estimate of drug-likeness (QED) is 0.652. The van der Waals surface area contributed by atoms with Crippen LogP contribution in [0.15, 0.2) is 33.5 Å². The van der Waals surface area contributed by atoms with Crippen LogP contribution in [0.5, 0.6) is 5.75 Å². The number of rotatable bonds is 6. The van der Waals surface area contributed by atoms with Crippen molar-refractivity contribution < 1.29 is 29.0 Å². The van der Waals surface area contributed by atoms with Crippen molar-refractivity contribution in [2.24, 2.45) is 11.7 Å². The highest BCUT2D eigenvalue weighted by Crippen LogP contribution is 2.25. The first-order chi connectivity index (χ1) is 10.8. The molecule has 8 nitrogen and oxygen atoms in total. The van der Waals surface area contributed by atoms with Crippen molar-refractivity contribution in [1.29, 1.82) is 0 Å². The van der Waals surface area contributed by atoms with E-state index < -0.39 is 29.5 Å². The van der Waals surface area contributed by atoms with Gasteiger partial charge in [0.2, 0.25) is 0 Å². The van der Waals surface area contributed by atoms with Crippen LogP contribution in [0.1, 0.15) is 5.56 Å². The SMILES string of the molecule is COc1ccc2c(CC(C(=O)O)[C@H](N)C(=O)O)cc(=O)oc2c1. The van der Waals surface area contributed by atoms with Gasteiger partial charge < -0.3 is 25.1 Å². The lowest BCUT2D eigenvalue weighted by molar-refractivity contribution is -0.149. The van der Waals surface area contributed by atoms with Crippen molar-refractivity contribution in [3.05, 3.63) is 40.2 Å². The Morgan fingerprint density at radius 2 is 1.96 bits per heavy atom. The number of hydrogen-bond donors (Lipinski definition) is 3. The predicted molar refractivity (Wildman–Crippen MR) is 79.5 cm³/mol. The van der Waals surface area contributed by atoms with Gasteiger partial charge in [-0.15, -0.1) is 0 Å².